The van der Waals surface area contributed by atoms with Gasteiger partial charge in [0.2, 0.25) is 11.8 Å². The van der Waals surface area contributed by atoms with Gasteiger partial charge in [0.05, 0.1) is 0 Å². The van der Waals surface area contributed by atoms with E-state index in [1.807, 2.05) is 92.1 Å². The third kappa shape index (κ3) is 3.80. The molecule has 0 radical (unpaired) electrons. The Bertz CT molecular complexity index is 1800. The summed E-state index contributed by atoms with van der Waals surface area (Å²) in [5, 5.41) is 7.80. The Kier molecular flexibility index (Phi) is 5.80. The molecule has 194 valence electrons. The average Bonchev–Trinajstić information content (AvgIpc) is 3.71. The topological polar surface area (TPSA) is 123 Å². The van der Waals surface area contributed by atoms with Gasteiger partial charge in [0.1, 0.15) is 5.41 Å². The van der Waals surface area contributed by atoms with Crippen LogP contribution in [0, 0.1) is 0 Å². The largest absolute Gasteiger partial charge is 0.361 e. The van der Waals surface area contributed by atoms with E-state index < -0.39 is 29.1 Å². The molecule has 3 aromatic carbocycles. The molecule has 3 aromatic heterocycles. The number of carbonyl (C=O) groups is 3. The Morgan fingerprint density at radius 2 is 1.15 bits per heavy atom. The van der Waals surface area contributed by atoms with Crippen molar-refractivity contribution in [2.75, 3.05) is 7.05 Å². The summed E-state index contributed by atoms with van der Waals surface area (Å²) in [5.41, 5.74) is 3.07. The fraction of sp³-hybridized carbons (Fsp3) is 0.129. The van der Waals surface area contributed by atoms with Gasteiger partial charge in [-0.15, -0.1) is 0 Å². The first-order valence-electron chi connectivity index (χ1n) is 12.7. The number of fused-ring (bicyclic) bond motifs is 3. The number of amides is 2. The fourth-order valence-corrected chi connectivity index (χ4v) is 5.46. The number of aromatic amines is 3. The molecular formula is C31H27N5O3. The van der Waals surface area contributed by atoms with Crippen LogP contribution >= 0.6 is 0 Å². The van der Waals surface area contributed by atoms with E-state index in [-0.39, 0.29) is 0 Å². The summed E-state index contributed by atoms with van der Waals surface area (Å²) < 4.78 is 0. The molecule has 2 amide bonds. The molecule has 1 atom stereocenters. The SMILES string of the molecule is CNC(=O)[C@@H](NC(=O)C(C)(c1c[nH]c2ccccc12)c1c[nH]c2ccccc12)C(=O)c1c[nH]c2ccccc12. The molecule has 0 unspecified atom stereocenters. The highest BCUT2D eigenvalue weighted by molar-refractivity contribution is 6.20. The van der Waals surface area contributed by atoms with Gasteiger partial charge in [-0.05, 0) is 36.2 Å². The smallest absolute Gasteiger partial charge is 0.250 e. The average molecular weight is 518 g/mol. The number of hydrogen-bond donors (Lipinski definition) is 5. The van der Waals surface area contributed by atoms with Crippen LogP contribution in [0.1, 0.15) is 28.4 Å². The number of nitrogens with one attached hydrogen (secondary N) is 5. The van der Waals surface area contributed by atoms with Gasteiger partial charge in [-0.25, -0.2) is 0 Å². The Labute approximate surface area is 223 Å². The summed E-state index contributed by atoms with van der Waals surface area (Å²) in [6, 6.07) is 21.4. The summed E-state index contributed by atoms with van der Waals surface area (Å²) in [4.78, 5) is 50.9. The molecule has 6 rings (SSSR count). The van der Waals surface area contributed by atoms with Crippen molar-refractivity contribution >= 4 is 50.3 Å². The fourth-order valence-electron chi connectivity index (χ4n) is 5.46. The van der Waals surface area contributed by atoms with Crippen LogP contribution in [0.4, 0.5) is 0 Å². The van der Waals surface area contributed by atoms with E-state index in [0.29, 0.717) is 10.9 Å². The lowest BCUT2D eigenvalue weighted by Gasteiger charge is -2.30. The second kappa shape index (κ2) is 9.33. The maximum absolute atomic E-state index is 14.4. The van der Waals surface area contributed by atoms with E-state index in [0.717, 1.165) is 38.4 Å². The molecule has 5 N–H and O–H groups in total. The summed E-state index contributed by atoms with van der Waals surface area (Å²) in [6.07, 6.45) is 5.22. The minimum absolute atomic E-state index is 0.334. The highest BCUT2D eigenvalue weighted by Gasteiger charge is 2.43. The number of para-hydroxylation sites is 3. The van der Waals surface area contributed by atoms with Gasteiger partial charge in [-0.1, -0.05) is 54.6 Å². The van der Waals surface area contributed by atoms with Crippen molar-refractivity contribution in [2.45, 2.75) is 18.4 Å². The molecule has 0 saturated heterocycles. The normalized spacial score (nSPS) is 12.6. The standard InChI is InChI=1S/C31H27N5O3/c1-31(22-16-34-25-13-7-4-10-19(22)25,23-17-35-26-14-8-5-11-20(23)26)30(39)36-27(29(38)32-2)28(37)21-15-33-24-12-6-3-9-18(21)24/h3-17,27,33-35H,1-2H3,(H,32,38)(H,36,39)/t27-/m0/s1. The number of rotatable bonds is 7. The van der Waals surface area contributed by atoms with Crippen LogP contribution in [0.3, 0.4) is 0 Å². The van der Waals surface area contributed by atoms with E-state index in [1.54, 1.807) is 6.20 Å². The highest BCUT2D eigenvalue weighted by Crippen LogP contribution is 2.40. The van der Waals surface area contributed by atoms with Crippen LogP contribution in [0.25, 0.3) is 32.7 Å². The summed E-state index contributed by atoms with van der Waals surface area (Å²) >= 11 is 0. The minimum atomic E-state index is -1.43. The highest BCUT2D eigenvalue weighted by atomic mass is 16.2. The number of likely N-dealkylation sites (N-methyl/N-ethyl adjacent to an activating group) is 1. The number of benzene rings is 3. The predicted molar refractivity (Wildman–Crippen MR) is 152 cm³/mol. The lowest BCUT2D eigenvalue weighted by molar-refractivity contribution is -0.129. The van der Waals surface area contributed by atoms with Crippen molar-refractivity contribution < 1.29 is 14.4 Å². The van der Waals surface area contributed by atoms with Gasteiger partial charge in [-0.2, -0.15) is 0 Å². The van der Waals surface area contributed by atoms with E-state index >= 15 is 0 Å². The molecule has 0 aliphatic heterocycles. The third-order valence-corrected chi connectivity index (χ3v) is 7.61. The van der Waals surface area contributed by atoms with Crippen LogP contribution in [-0.4, -0.2) is 45.6 Å². The molecule has 0 saturated carbocycles. The van der Waals surface area contributed by atoms with Gasteiger partial charge >= 0.3 is 0 Å². The van der Waals surface area contributed by atoms with Crippen molar-refractivity contribution in [3.63, 3.8) is 0 Å². The van der Waals surface area contributed by atoms with Crippen molar-refractivity contribution in [3.05, 3.63) is 108 Å². The number of aromatic nitrogens is 3. The molecule has 0 spiro atoms. The Morgan fingerprint density at radius 1 is 0.692 bits per heavy atom. The first-order valence-corrected chi connectivity index (χ1v) is 12.7. The molecule has 0 bridgehead atoms. The lowest BCUT2D eigenvalue weighted by Crippen LogP contribution is -2.55. The van der Waals surface area contributed by atoms with E-state index in [9.17, 15) is 14.4 Å². The molecule has 6 aromatic rings. The second-order valence-electron chi connectivity index (χ2n) is 9.75. The van der Waals surface area contributed by atoms with Crippen molar-refractivity contribution in [1.82, 2.24) is 25.6 Å². The van der Waals surface area contributed by atoms with Crippen LogP contribution in [0.5, 0.6) is 0 Å². The van der Waals surface area contributed by atoms with Crippen LogP contribution < -0.4 is 10.6 Å². The van der Waals surface area contributed by atoms with E-state index in [2.05, 4.69) is 25.6 Å². The first kappa shape index (κ1) is 24.2. The van der Waals surface area contributed by atoms with Crippen molar-refractivity contribution in [1.29, 1.82) is 0 Å². The maximum Gasteiger partial charge on any atom is 0.250 e. The Hall–Kier alpha value is -5.11. The van der Waals surface area contributed by atoms with E-state index in [4.69, 9.17) is 0 Å². The number of hydrogen-bond acceptors (Lipinski definition) is 3. The molecule has 8 heteroatoms. The van der Waals surface area contributed by atoms with Crippen LogP contribution in [-0.2, 0) is 15.0 Å². The number of carbonyl (C=O) groups excluding carboxylic acids is 3. The first-order chi connectivity index (χ1) is 18.9. The van der Waals surface area contributed by atoms with Gasteiger partial charge in [-0.3, -0.25) is 14.4 Å². The molecular weight excluding hydrogens is 490 g/mol. The van der Waals surface area contributed by atoms with Gasteiger partial charge < -0.3 is 25.6 Å². The van der Waals surface area contributed by atoms with Crippen LogP contribution in [0.15, 0.2) is 91.4 Å². The molecule has 0 aliphatic rings. The Morgan fingerprint density at radius 3 is 1.69 bits per heavy atom. The van der Waals surface area contributed by atoms with Gasteiger partial charge in [0.25, 0.3) is 0 Å². The van der Waals surface area contributed by atoms with Crippen molar-refractivity contribution in [3.8, 4) is 0 Å². The summed E-state index contributed by atoms with van der Waals surface area (Å²) in [6.45, 7) is 1.82. The van der Waals surface area contributed by atoms with E-state index in [1.165, 1.54) is 7.05 Å². The van der Waals surface area contributed by atoms with Gasteiger partial charge in [0.15, 0.2) is 11.8 Å². The monoisotopic (exact) mass is 517 g/mol. The molecule has 0 fully saturated rings. The zero-order valence-electron chi connectivity index (χ0n) is 21.5. The summed E-state index contributed by atoms with van der Waals surface area (Å²) in [7, 11) is 1.45. The Balaban J connectivity index is 1.48. The zero-order chi connectivity index (χ0) is 27.1. The quantitative estimate of drug-likeness (QED) is 0.158. The molecule has 0 aliphatic carbocycles. The maximum atomic E-state index is 14.4. The van der Waals surface area contributed by atoms with Crippen molar-refractivity contribution in [2.24, 2.45) is 0 Å². The van der Waals surface area contributed by atoms with Crippen LogP contribution in [0.2, 0.25) is 0 Å². The molecule has 8 nitrogen and oxygen atoms in total. The predicted octanol–water partition coefficient (Wildman–Crippen LogP) is 4.55. The lowest BCUT2D eigenvalue weighted by atomic mass is 9.74. The number of Topliss-reactive ketones (excluding diaryl/α,β-unsaturated/α-hetero) is 1. The molecule has 39 heavy (non-hydrogen) atoms. The molecule has 3 heterocycles. The van der Waals surface area contributed by atoms with Gasteiger partial charge in [0, 0.05) is 63.9 Å². The zero-order valence-corrected chi connectivity index (χ0v) is 21.5. The minimum Gasteiger partial charge on any atom is -0.361 e. The second-order valence-corrected chi connectivity index (χ2v) is 9.75. The number of H-pyrrole nitrogens is 3. The third-order valence-electron chi connectivity index (χ3n) is 7.61. The summed E-state index contributed by atoms with van der Waals surface area (Å²) in [5.74, 6) is -1.57. The number of ketones is 1.